The lowest BCUT2D eigenvalue weighted by Crippen LogP contribution is -2.65. The van der Waals surface area contributed by atoms with E-state index < -0.39 is 41.2 Å². The van der Waals surface area contributed by atoms with Gasteiger partial charge in [-0.15, -0.1) is 0 Å². The fraction of sp³-hybridized carbons (Fsp3) is 0.818. The van der Waals surface area contributed by atoms with E-state index in [1.54, 1.807) is 0 Å². The first kappa shape index (κ1) is 26.5. The number of ether oxygens (including phenoxy) is 1. The average Bonchev–Trinajstić information content (AvgIpc) is 3.07. The van der Waals surface area contributed by atoms with Gasteiger partial charge < -0.3 is 22.8 Å². The zero-order chi connectivity index (χ0) is 24.7. The van der Waals surface area contributed by atoms with Crippen molar-refractivity contribution < 1.29 is 22.8 Å². The Labute approximate surface area is 197 Å². The second-order valence-electron chi connectivity index (χ2n) is 10.5. The van der Waals surface area contributed by atoms with Gasteiger partial charge in [0.1, 0.15) is 12.3 Å². The number of aliphatic hydroxyl groups excluding tert-OH is 1. The summed E-state index contributed by atoms with van der Waals surface area (Å²) >= 11 is 0. The molecule has 1 aromatic rings. The molecular formula is C22H40N2O7Si2. The highest BCUT2D eigenvalue weighted by atomic mass is 28.5. The van der Waals surface area contributed by atoms with Crippen molar-refractivity contribution in [2.75, 3.05) is 6.61 Å². The zero-order valence-corrected chi connectivity index (χ0v) is 23.1. The van der Waals surface area contributed by atoms with Crippen LogP contribution in [0.3, 0.4) is 0 Å². The number of aliphatic hydroxyl groups is 1. The van der Waals surface area contributed by atoms with E-state index in [9.17, 15) is 14.7 Å². The predicted octanol–water partition coefficient (Wildman–Crippen LogP) is 3.27. The van der Waals surface area contributed by atoms with Crippen LogP contribution in [-0.4, -0.2) is 50.6 Å². The molecule has 0 radical (unpaired) electrons. The van der Waals surface area contributed by atoms with Crippen LogP contribution in [0.15, 0.2) is 15.7 Å². The van der Waals surface area contributed by atoms with E-state index in [1.165, 1.54) is 10.6 Å². The fourth-order valence-corrected chi connectivity index (χ4v) is 16.5. The first-order chi connectivity index (χ1) is 15.4. The number of nitrogens with zero attached hydrogens (tertiary/aromatic N) is 1. The lowest BCUT2D eigenvalue weighted by Gasteiger charge is -2.51. The molecule has 3 atom stereocenters. The molecule has 0 aliphatic carbocycles. The van der Waals surface area contributed by atoms with Gasteiger partial charge in [-0.25, -0.2) is 4.79 Å². The minimum atomic E-state index is -2.78. The number of hydrogen-bond acceptors (Lipinski definition) is 7. The smallest absolute Gasteiger partial charge is 0.335 e. The number of fused-ring (bicyclic) bond motifs is 1. The van der Waals surface area contributed by atoms with Crippen molar-refractivity contribution in [2.24, 2.45) is 0 Å². The molecule has 9 nitrogen and oxygen atoms in total. The van der Waals surface area contributed by atoms with E-state index in [0.29, 0.717) is 13.0 Å². The average molecular weight is 501 g/mol. The highest BCUT2D eigenvalue weighted by Gasteiger charge is 2.60. The standard InChI is InChI=1S/C22H40N2O7Si2/c1-13(2)32(14(3)4)28-12-19-18(30-33(31-32,15(5)6)16(7)8)10-21(29-19)24-17(11-25)9-20(26)23-22(24)27/h9,13-16,18-19,21,25H,10-12H2,1-8H3,(H,23,26,27)/t18-,19+,21+/m0/s1. The fourth-order valence-electron chi connectivity index (χ4n) is 5.28. The summed E-state index contributed by atoms with van der Waals surface area (Å²) in [7, 11) is -5.46. The van der Waals surface area contributed by atoms with E-state index in [0.717, 1.165) is 0 Å². The van der Waals surface area contributed by atoms with Gasteiger partial charge in [0.15, 0.2) is 0 Å². The third-order valence-electron chi connectivity index (χ3n) is 7.03. The maximum absolute atomic E-state index is 12.6. The molecule has 0 unspecified atom stereocenters. The van der Waals surface area contributed by atoms with Crippen molar-refractivity contribution in [1.82, 2.24) is 9.55 Å². The molecule has 2 N–H and O–H groups in total. The first-order valence-electron chi connectivity index (χ1n) is 12.0. The second-order valence-corrected chi connectivity index (χ2v) is 19.3. The number of hydrogen-bond donors (Lipinski definition) is 2. The molecule has 2 fully saturated rings. The Balaban J connectivity index is 2.06. The molecular weight excluding hydrogens is 460 g/mol. The van der Waals surface area contributed by atoms with Gasteiger partial charge in [-0.3, -0.25) is 14.3 Å². The van der Waals surface area contributed by atoms with Gasteiger partial charge in [0.25, 0.3) is 5.56 Å². The zero-order valence-electron chi connectivity index (χ0n) is 21.1. The Bertz CT molecular complexity index is 927. The third-order valence-corrected chi connectivity index (χ3v) is 17.3. The predicted molar refractivity (Wildman–Crippen MR) is 130 cm³/mol. The largest absolute Gasteiger partial charge is 0.414 e. The van der Waals surface area contributed by atoms with Crippen molar-refractivity contribution in [3.63, 3.8) is 0 Å². The molecule has 0 aromatic carbocycles. The quantitative estimate of drug-likeness (QED) is 0.577. The number of rotatable bonds is 6. The third kappa shape index (κ3) is 4.73. The van der Waals surface area contributed by atoms with Gasteiger partial charge in [-0.1, -0.05) is 55.4 Å². The molecule has 1 aromatic heterocycles. The highest BCUT2D eigenvalue weighted by Crippen LogP contribution is 2.48. The highest BCUT2D eigenvalue weighted by molar-refractivity contribution is 6.83. The molecule has 33 heavy (non-hydrogen) atoms. The van der Waals surface area contributed by atoms with Crippen molar-refractivity contribution in [2.45, 2.75) is 109 Å². The lowest BCUT2D eigenvalue weighted by molar-refractivity contribution is -0.0579. The monoisotopic (exact) mass is 500 g/mol. The van der Waals surface area contributed by atoms with Crippen molar-refractivity contribution >= 4 is 17.1 Å². The molecule has 11 heteroatoms. The summed E-state index contributed by atoms with van der Waals surface area (Å²) in [5.41, 5.74) is -0.118. The second kappa shape index (κ2) is 9.88. The summed E-state index contributed by atoms with van der Waals surface area (Å²) < 4.78 is 28.5. The normalized spacial score (nSPS) is 27.2. The van der Waals surface area contributed by atoms with E-state index in [2.05, 4.69) is 60.4 Å². The maximum atomic E-state index is 12.6. The summed E-state index contributed by atoms with van der Waals surface area (Å²) in [6.07, 6.45) is -0.961. The molecule has 2 saturated heterocycles. The van der Waals surface area contributed by atoms with Gasteiger partial charge in [0.05, 0.1) is 25.0 Å². The summed E-state index contributed by atoms with van der Waals surface area (Å²) in [5.74, 6) is 0. The number of aromatic amines is 1. The minimum Gasteiger partial charge on any atom is -0.414 e. The molecule has 0 spiro atoms. The van der Waals surface area contributed by atoms with Crippen LogP contribution in [0.1, 0.15) is 73.7 Å². The Morgan fingerprint density at radius 1 is 1.00 bits per heavy atom. The SMILES string of the molecule is CC(C)[Si]1(C(C)C)OC[C@H]2O[C@@H](n3c(CO)cc(=O)[nH]c3=O)C[C@@H]2O[Si](C(C)C)(C(C)C)O1. The Morgan fingerprint density at radius 2 is 1.58 bits per heavy atom. The van der Waals surface area contributed by atoms with Crippen LogP contribution in [0.2, 0.25) is 22.2 Å². The van der Waals surface area contributed by atoms with Crippen LogP contribution in [0.25, 0.3) is 0 Å². The van der Waals surface area contributed by atoms with Gasteiger partial charge >= 0.3 is 22.8 Å². The van der Waals surface area contributed by atoms with Crippen molar-refractivity contribution in [3.05, 3.63) is 32.6 Å². The van der Waals surface area contributed by atoms with Gasteiger partial charge in [0.2, 0.25) is 0 Å². The maximum Gasteiger partial charge on any atom is 0.335 e. The molecule has 2 aliphatic rings. The first-order valence-corrected chi connectivity index (χ1v) is 15.9. The molecule has 3 heterocycles. The summed E-state index contributed by atoms with van der Waals surface area (Å²) in [6.45, 7) is 17.2. The Hall–Kier alpha value is -1.09. The van der Waals surface area contributed by atoms with Crippen LogP contribution >= 0.6 is 0 Å². The molecule has 0 amide bonds. The lowest BCUT2D eigenvalue weighted by atomic mass is 10.2. The Morgan fingerprint density at radius 3 is 2.09 bits per heavy atom. The molecule has 188 valence electrons. The number of H-pyrrole nitrogens is 1. The topological polar surface area (TPSA) is 112 Å². The van der Waals surface area contributed by atoms with Gasteiger partial charge in [-0.05, 0) is 22.2 Å². The summed E-state index contributed by atoms with van der Waals surface area (Å²) in [4.78, 5) is 26.6. The minimum absolute atomic E-state index is 0.187. The summed E-state index contributed by atoms with van der Waals surface area (Å²) in [5, 5.41) is 9.76. The van der Waals surface area contributed by atoms with Gasteiger partial charge in [0, 0.05) is 12.5 Å². The Kier molecular flexibility index (Phi) is 7.94. The molecule has 0 bridgehead atoms. The van der Waals surface area contributed by atoms with Crippen LogP contribution in [0.4, 0.5) is 0 Å². The molecule has 2 aliphatic heterocycles. The van der Waals surface area contributed by atoms with Gasteiger partial charge in [-0.2, -0.15) is 0 Å². The van der Waals surface area contributed by atoms with Crippen LogP contribution in [-0.2, 0) is 24.3 Å². The van der Waals surface area contributed by atoms with Crippen molar-refractivity contribution in [3.8, 4) is 0 Å². The molecule has 0 saturated carbocycles. The van der Waals surface area contributed by atoms with Crippen LogP contribution in [0, 0.1) is 0 Å². The van der Waals surface area contributed by atoms with Crippen molar-refractivity contribution in [1.29, 1.82) is 0 Å². The van der Waals surface area contributed by atoms with E-state index in [4.69, 9.17) is 17.7 Å². The summed E-state index contributed by atoms with van der Waals surface area (Å²) in [6, 6.07) is 1.22. The number of nitrogens with one attached hydrogen (secondary N) is 1. The molecule has 3 rings (SSSR count). The van der Waals surface area contributed by atoms with Crippen LogP contribution in [0.5, 0.6) is 0 Å². The van der Waals surface area contributed by atoms with E-state index in [-0.39, 0.29) is 40.1 Å². The van der Waals surface area contributed by atoms with E-state index >= 15 is 0 Å². The van der Waals surface area contributed by atoms with E-state index in [1.807, 2.05) is 0 Å². The number of aromatic nitrogens is 2. The van der Waals surface area contributed by atoms with Crippen LogP contribution < -0.4 is 11.2 Å².